The standard InChI is InChI=1S/C16H24N2O/c1-3-13-8-4-5-10-15(13)18-16(19)17-14-9-6-7-12(2)11-14/h4-5,8,10,12,14H,3,6-7,9,11H2,1-2H3,(H2,17,18,19)/t12-,14-/m1/s1. The van der Waals surface area contributed by atoms with Crippen LogP contribution >= 0.6 is 0 Å². The molecule has 3 nitrogen and oxygen atoms in total. The molecule has 1 aromatic carbocycles. The van der Waals surface area contributed by atoms with Crippen LogP contribution in [0.1, 0.15) is 45.1 Å². The molecule has 104 valence electrons. The van der Waals surface area contributed by atoms with E-state index in [1.807, 2.05) is 18.2 Å². The second-order valence-corrected chi connectivity index (χ2v) is 5.58. The Morgan fingerprint density at radius 1 is 1.32 bits per heavy atom. The molecule has 19 heavy (non-hydrogen) atoms. The molecule has 1 aromatic rings. The van der Waals surface area contributed by atoms with Crippen LogP contribution in [0.15, 0.2) is 24.3 Å². The maximum atomic E-state index is 12.0. The van der Waals surface area contributed by atoms with E-state index >= 15 is 0 Å². The van der Waals surface area contributed by atoms with Gasteiger partial charge in [0.25, 0.3) is 0 Å². The van der Waals surface area contributed by atoms with E-state index in [2.05, 4.69) is 30.5 Å². The Kier molecular flexibility index (Phi) is 4.83. The largest absolute Gasteiger partial charge is 0.335 e. The number of benzene rings is 1. The smallest absolute Gasteiger partial charge is 0.319 e. The second kappa shape index (κ2) is 6.60. The Morgan fingerprint density at radius 2 is 2.11 bits per heavy atom. The zero-order chi connectivity index (χ0) is 13.7. The van der Waals surface area contributed by atoms with Crippen molar-refractivity contribution >= 4 is 11.7 Å². The van der Waals surface area contributed by atoms with Crippen LogP contribution in [0.3, 0.4) is 0 Å². The Bertz CT molecular complexity index is 431. The molecule has 1 aliphatic rings. The molecule has 1 aliphatic carbocycles. The second-order valence-electron chi connectivity index (χ2n) is 5.58. The van der Waals surface area contributed by atoms with Crippen LogP contribution in [0, 0.1) is 5.92 Å². The van der Waals surface area contributed by atoms with Crippen molar-refractivity contribution in [1.29, 1.82) is 0 Å². The number of carbonyl (C=O) groups excluding carboxylic acids is 1. The number of anilines is 1. The van der Waals surface area contributed by atoms with E-state index in [1.54, 1.807) is 0 Å². The summed E-state index contributed by atoms with van der Waals surface area (Å²) in [7, 11) is 0. The molecule has 0 aliphatic heterocycles. The highest BCUT2D eigenvalue weighted by atomic mass is 16.2. The van der Waals surface area contributed by atoms with Gasteiger partial charge in [-0.05, 0) is 36.8 Å². The van der Waals surface area contributed by atoms with Crippen LogP contribution in [-0.2, 0) is 6.42 Å². The summed E-state index contributed by atoms with van der Waals surface area (Å²) in [5, 5.41) is 6.07. The molecular formula is C16H24N2O. The van der Waals surface area contributed by atoms with E-state index in [0.717, 1.165) is 30.9 Å². The fourth-order valence-corrected chi connectivity index (χ4v) is 2.86. The summed E-state index contributed by atoms with van der Waals surface area (Å²) in [4.78, 5) is 12.0. The van der Waals surface area contributed by atoms with Crippen LogP contribution in [0.25, 0.3) is 0 Å². The Balaban J connectivity index is 1.90. The van der Waals surface area contributed by atoms with Crippen molar-refractivity contribution < 1.29 is 4.79 Å². The van der Waals surface area contributed by atoms with Crippen molar-refractivity contribution in [2.24, 2.45) is 5.92 Å². The molecule has 0 unspecified atom stereocenters. The highest BCUT2D eigenvalue weighted by molar-refractivity contribution is 5.90. The molecular weight excluding hydrogens is 236 g/mol. The fourth-order valence-electron chi connectivity index (χ4n) is 2.86. The minimum Gasteiger partial charge on any atom is -0.335 e. The number of para-hydroxylation sites is 1. The van der Waals surface area contributed by atoms with Gasteiger partial charge in [0.1, 0.15) is 0 Å². The van der Waals surface area contributed by atoms with Crippen LogP contribution in [-0.4, -0.2) is 12.1 Å². The summed E-state index contributed by atoms with van der Waals surface area (Å²) in [5.41, 5.74) is 2.10. The van der Waals surface area contributed by atoms with Gasteiger partial charge in [-0.1, -0.05) is 44.9 Å². The number of amides is 2. The lowest BCUT2D eigenvalue weighted by Crippen LogP contribution is -2.40. The molecule has 1 fully saturated rings. The molecule has 0 heterocycles. The third-order valence-electron chi connectivity index (χ3n) is 3.92. The summed E-state index contributed by atoms with van der Waals surface area (Å²) in [6.07, 6.45) is 5.64. The number of aryl methyl sites for hydroxylation is 1. The van der Waals surface area contributed by atoms with Gasteiger partial charge in [-0.2, -0.15) is 0 Å². The van der Waals surface area contributed by atoms with E-state index < -0.39 is 0 Å². The summed E-state index contributed by atoms with van der Waals surface area (Å²) in [5.74, 6) is 0.724. The van der Waals surface area contributed by atoms with Crippen molar-refractivity contribution in [2.45, 2.75) is 52.0 Å². The topological polar surface area (TPSA) is 41.1 Å². The molecule has 0 aromatic heterocycles. The maximum Gasteiger partial charge on any atom is 0.319 e. The summed E-state index contributed by atoms with van der Waals surface area (Å²) in [6, 6.07) is 8.24. The van der Waals surface area contributed by atoms with Gasteiger partial charge in [0.2, 0.25) is 0 Å². The Hall–Kier alpha value is -1.51. The van der Waals surface area contributed by atoms with Gasteiger partial charge >= 0.3 is 6.03 Å². The minimum atomic E-state index is -0.0694. The first-order valence-corrected chi connectivity index (χ1v) is 7.34. The summed E-state index contributed by atoms with van der Waals surface area (Å²) >= 11 is 0. The first-order chi connectivity index (χ1) is 9.19. The number of carbonyl (C=O) groups is 1. The van der Waals surface area contributed by atoms with Crippen LogP contribution in [0.2, 0.25) is 0 Å². The van der Waals surface area contributed by atoms with Crippen molar-refractivity contribution in [1.82, 2.24) is 5.32 Å². The molecule has 2 N–H and O–H groups in total. The molecule has 0 radical (unpaired) electrons. The predicted molar refractivity (Wildman–Crippen MR) is 79.4 cm³/mol. The number of hydrogen-bond donors (Lipinski definition) is 2. The van der Waals surface area contributed by atoms with Crippen LogP contribution in [0.4, 0.5) is 10.5 Å². The van der Waals surface area contributed by atoms with E-state index in [-0.39, 0.29) is 6.03 Å². The number of rotatable bonds is 3. The molecule has 0 spiro atoms. The minimum absolute atomic E-state index is 0.0694. The first-order valence-electron chi connectivity index (χ1n) is 7.34. The molecule has 1 saturated carbocycles. The predicted octanol–water partition coefficient (Wildman–Crippen LogP) is 3.95. The van der Waals surface area contributed by atoms with E-state index in [9.17, 15) is 4.79 Å². The third-order valence-corrected chi connectivity index (χ3v) is 3.92. The molecule has 0 saturated heterocycles. The summed E-state index contributed by atoms with van der Waals surface area (Å²) in [6.45, 7) is 4.36. The van der Waals surface area contributed by atoms with Crippen LogP contribution < -0.4 is 10.6 Å². The third kappa shape index (κ3) is 3.98. The van der Waals surface area contributed by atoms with Crippen molar-refractivity contribution in [3.8, 4) is 0 Å². The normalized spacial score (nSPS) is 22.8. The average Bonchev–Trinajstić information content (AvgIpc) is 2.39. The van der Waals surface area contributed by atoms with Gasteiger partial charge in [0.05, 0.1) is 0 Å². The van der Waals surface area contributed by atoms with Gasteiger partial charge < -0.3 is 10.6 Å². The van der Waals surface area contributed by atoms with Gasteiger partial charge in [-0.15, -0.1) is 0 Å². The molecule has 2 rings (SSSR count). The van der Waals surface area contributed by atoms with Crippen molar-refractivity contribution in [3.05, 3.63) is 29.8 Å². The van der Waals surface area contributed by atoms with Gasteiger partial charge in [-0.3, -0.25) is 0 Å². The van der Waals surface area contributed by atoms with E-state index in [4.69, 9.17) is 0 Å². The highest BCUT2D eigenvalue weighted by Gasteiger charge is 2.20. The van der Waals surface area contributed by atoms with Crippen molar-refractivity contribution in [3.63, 3.8) is 0 Å². The molecule has 2 atom stereocenters. The molecule has 3 heteroatoms. The van der Waals surface area contributed by atoms with Gasteiger partial charge in [-0.25, -0.2) is 4.79 Å². The zero-order valence-electron chi connectivity index (χ0n) is 11.9. The van der Waals surface area contributed by atoms with E-state index in [0.29, 0.717) is 6.04 Å². The highest BCUT2D eigenvalue weighted by Crippen LogP contribution is 2.23. The van der Waals surface area contributed by atoms with Crippen LogP contribution in [0.5, 0.6) is 0 Å². The quantitative estimate of drug-likeness (QED) is 0.849. The lowest BCUT2D eigenvalue weighted by atomic mass is 9.87. The first kappa shape index (κ1) is 13.9. The monoisotopic (exact) mass is 260 g/mol. The molecule has 0 bridgehead atoms. The number of nitrogens with one attached hydrogen (secondary N) is 2. The van der Waals surface area contributed by atoms with Gasteiger partial charge in [0.15, 0.2) is 0 Å². The Labute approximate surface area is 115 Å². The van der Waals surface area contributed by atoms with Gasteiger partial charge in [0, 0.05) is 11.7 Å². The number of urea groups is 1. The SMILES string of the molecule is CCc1ccccc1NC(=O)N[C@@H]1CCC[C@@H](C)C1. The lowest BCUT2D eigenvalue weighted by Gasteiger charge is -2.27. The zero-order valence-corrected chi connectivity index (χ0v) is 11.9. The maximum absolute atomic E-state index is 12.0. The summed E-state index contributed by atoms with van der Waals surface area (Å²) < 4.78 is 0. The lowest BCUT2D eigenvalue weighted by molar-refractivity contribution is 0.238. The van der Waals surface area contributed by atoms with E-state index in [1.165, 1.54) is 18.4 Å². The number of hydrogen-bond acceptors (Lipinski definition) is 1. The average molecular weight is 260 g/mol. The fraction of sp³-hybridized carbons (Fsp3) is 0.562. The van der Waals surface area contributed by atoms with Crippen molar-refractivity contribution in [2.75, 3.05) is 5.32 Å². The Morgan fingerprint density at radius 3 is 2.84 bits per heavy atom. The molecule has 2 amide bonds.